The summed E-state index contributed by atoms with van der Waals surface area (Å²) in [5.41, 5.74) is 7.06. The molecule has 3 heteroatoms. The number of rotatable bonds is 0. The summed E-state index contributed by atoms with van der Waals surface area (Å²) >= 11 is 0. The smallest absolute Gasteiger partial charge is 0.104 e. The lowest BCUT2D eigenvalue weighted by atomic mass is 10.1. The van der Waals surface area contributed by atoms with Gasteiger partial charge in [0.05, 0.1) is 11.7 Å². The van der Waals surface area contributed by atoms with Crippen LogP contribution in [0.25, 0.3) is 10.9 Å². The van der Waals surface area contributed by atoms with Gasteiger partial charge in [-0.05, 0) is 32.9 Å². The molecule has 2 aromatic heterocycles. The van der Waals surface area contributed by atoms with Crippen LogP contribution in [0.4, 0.5) is 5.82 Å². The number of hydrogen-bond acceptors (Lipinski definition) is 2. The van der Waals surface area contributed by atoms with Crippen molar-refractivity contribution in [3.8, 4) is 0 Å². The van der Waals surface area contributed by atoms with Crippen LogP contribution in [0, 0.1) is 0 Å². The van der Waals surface area contributed by atoms with Crippen molar-refractivity contribution < 1.29 is 0 Å². The summed E-state index contributed by atoms with van der Waals surface area (Å²) in [6.07, 6.45) is 3.64. The lowest BCUT2D eigenvalue weighted by Gasteiger charge is -2.24. The Hall–Kier alpha value is -1.51. The van der Waals surface area contributed by atoms with Crippen molar-refractivity contribution in [3.05, 3.63) is 24.5 Å². The number of fused-ring (bicyclic) bond motifs is 1. The molecule has 0 fully saturated rings. The molecule has 0 atom stereocenters. The van der Waals surface area contributed by atoms with E-state index < -0.39 is 0 Å². The van der Waals surface area contributed by atoms with E-state index in [-0.39, 0.29) is 5.54 Å². The van der Waals surface area contributed by atoms with Crippen molar-refractivity contribution in [2.75, 3.05) is 5.73 Å². The monoisotopic (exact) mass is 189 g/mol. The first-order valence-electron chi connectivity index (χ1n) is 4.71. The maximum atomic E-state index is 5.97. The fraction of sp³-hybridized carbons (Fsp3) is 0.364. The zero-order valence-electron chi connectivity index (χ0n) is 8.78. The number of anilines is 1. The molecule has 14 heavy (non-hydrogen) atoms. The van der Waals surface area contributed by atoms with E-state index in [1.165, 1.54) is 0 Å². The standard InChI is InChI=1S/C11H15N3/c1-11(2,3)14-9-7-13-5-4-8(9)6-10(14)12/h4-7H,12H2,1-3H3. The minimum atomic E-state index is -0.00509. The third-order valence-corrected chi connectivity index (χ3v) is 2.31. The van der Waals surface area contributed by atoms with E-state index in [1.807, 2.05) is 18.3 Å². The number of hydrogen-bond donors (Lipinski definition) is 1. The topological polar surface area (TPSA) is 43.8 Å². The average molecular weight is 189 g/mol. The second-order valence-corrected chi connectivity index (χ2v) is 4.51. The second kappa shape index (κ2) is 2.74. The van der Waals surface area contributed by atoms with E-state index in [0.717, 1.165) is 16.7 Å². The summed E-state index contributed by atoms with van der Waals surface area (Å²) in [6.45, 7) is 6.40. The molecule has 0 aliphatic heterocycles. The largest absolute Gasteiger partial charge is 0.385 e. The number of nitrogens with zero attached hydrogens (tertiary/aromatic N) is 2. The molecule has 0 aliphatic rings. The minimum Gasteiger partial charge on any atom is -0.385 e. The lowest BCUT2D eigenvalue weighted by molar-refractivity contribution is 0.416. The van der Waals surface area contributed by atoms with Crippen molar-refractivity contribution in [3.63, 3.8) is 0 Å². The highest BCUT2D eigenvalue weighted by Crippen LogP contribution is 2.27. The van der Waals surface area contributed by atoms with Crippen LogP contribution in [-0.2, 0) is 5.54 Å². The maximum Gasteiger partial charge on any atom is 0.104 e. The zero-order valence-corrected chi connectivity index (χ0v) is 8.78. The van der Waals surface area contributed by atoms with Gasteiger partial charge in [-0.1, -0.05) is 0 Å². The summed E-state index contributed by atoms with van der Waals surface area (Å²) in [5, 5.41) is 1.15. The second-order valence-electron chi connectivity index (χ2n) is 4.51. The third-order valence-electron chi connectivity index (χ3n) is 2.31. The Bertz CT molecular complexity index is 463. The molecule has 2 aromatic rings. The Balaban J connectivity index is 2.81. The Morgan fingerprint density at radius 1 is 1.36 bits per heavy atom. The van der Waals surface area contributed by atoms with Gasteiger partial charge in [0.15, 0.2) is 0 Å². The molecule has 2 rings (SSSR count). The summed E-state index contributed by atoms with van der Waals surface area (Å²) < 4.78 is 2.11. The number of pyridine rings is 1. The van der Waals surface area contributed by atoms with E-state index in [2.05, 4.69) is 30.3 Å². The predicted octanol–water partition coefficient (Wildman–Crippen LogP) is 2.37. The van der Waals surface area contributed by atoms with Gasteiger partial charge in [0, 0.05) is 17.1 Å². The van der Waals surface area contributed by atoms with Gasteiger partial charge < -0.3 is 10.3 Å². The first-order valence-corrected chi connectivity index (χ1v) is 4.71. The van der Waals surface area contributed by atoms with Crippen molar-refractivity contribution in [2.24, 2.45) is 0 Å². The summed E-state index contributed by atoms with van der Waals surface area (Å²) in [4.78, 5) is 4.12. The first-order chi connectivity index (χ1) is 6.50. The highest BCUT2D eigenvalue weighted by atomic mass is 15.1. The average Bonchev–Trinajstić information content (AvgIpc) is 2.38. The van der Waals surface area contributed by atoms with E-state index in [1.54, 1.807) is 6.20 Å². The molecule has 0 aromatic carbocycles. The molecule has 74 valence electrons. The molecule has 3 nitrogen and oxygen atoms in total. The highest BCUT2D eigenvalue weighted by molar-refractivity contribution is 5.83. The van der Waals surface area contributed by atoms with Gasteiger partial charge in [-0.25, -0.2) is 0 Å². The van der Waals surface area contributed by atoms with Crippen LogP contribution in [0.3, 0.4) is 0 Å². The van der Waals surface area contributed by atoms with E-state index in [0.29, 0.717) is 0 Å². The lowest BCUT2D eigenvalue weighted by Crippen LogP contribution is -2.23. The van der Waals surface area contributed by atoms with Gasteiger partial charge in [0.1, 0.15) is 5.82 Å². The van der Waals surface area contributed by atoms with Gasteiger partial charge in [-0.3, -0.25) is 4.98 Å². The number of aromatic nitrogens is 2. The number of nitrogen functional groups attached to an aromatic ring is 1. The zero-order chi connectivity index (χ0) is 10.3. The molecule has 2 N–H and O–H groups in total. The molecule has 2 heterocycles. The molecule has 0 bridgehead atoms. The maximum absolute atomic E-state index is 5.97. The Kier molecular flexibility index (Phi) is 1.77. The molecule has 0 aliphatic carbocycles. The van der Waals surface area contributed by atoms with Crippen LogP contribution in [0.1, 0.15) is 20.8 Å². The van der Waals surface area contributed by atoms with E-state index in [4.69, 9.17) is 5.73 Å². The van der Waals surface area contributed by atoms with Crippen molar-refractivity contribution >= 4 is 16.7 Å². The van der Waals surface area contributed by atoms with Gasteiger partial charge in [-0.2, -0.15) is 0 Å². The highest BCUT2D eigenvalue weighted by Gasteiger charge is 2.18. The molecule has 0 amide bonds. The summed E-state index contributed by atoms with van der Waals surface area (Å²) in [6, 6.07) is 3.97. The van der Waals surface area contributed by atoms with Crippen LogP contribution in [0.5, 0.6) is 0 Å². The molecule has 0 spiro atoms. The quantitative estimate of drug-likeness (QED) is 0.691. The van der Waals surface area contributed by atoms with Crippen LogP contribution in [-0.4, -0.2) is 9.55 Å². The predicted molar refractivity (Wildman–Crippen MR) is 59.1 cm³/mol. The Morgan fingerprint density at radius 2 is 2.07 bits per heavy atom. The molecule has 0 saturated carbocycles. The Labute approximate surface area is 83.6 Å². The molecule has 0 radical (unpaired) electrons. The minimum absolute atomic E-state index is 0.00509. The number of nitrogens with two attached hydrogens (primary N) is 1. The van der Waals surface area contributed by atoms with Crippen molar-refractivity contribution in [1.82, 2.24) is 9.55 Å². The van der Waals surface area contributed by atoms with Gasteiger partial charge in [0.2, 0.25) is 0 Å². The van der Waals surface area contributed by atoms with Crippen LogP contribution in [0.15, 0.2) is 24.5 Å². The molecular weight excluding hydrogens is 174 g/mol. The van der Waals surface area contributed by atoms with Crippen molar-refractivity contribution in [1.29, 1.82) is 0 Å². The van der Waals surface area contributed by atoms with Crippen LogP contribution < -0.4 is 5.73 Å². The van der Waals surface area contributed by atoms with Gasteiger partial charge in [0.25, 0.3) is 0 Å². The summed E-state index contributed by atoms with van der Waals surface area (Å²) in [5.74, 6) is 0.792. The normalized spacial score (nSPS) is 12.2. The van der Waals surface area contributed by atoms with Gasteiger partial charge >= 0.3 is 0 Å². The third kappa shape index (κ3) is 1.25. The first kappa shape index (κ1) is 9.06. The fourth-order valence-electron chi connectivity index (χ4n) is 1.82. The fourth-order valence-corrected chi connectivity index (χ4v) is 1.82. The van der Waals surface area contributed by atoms with Crippen LogP contribution in [0.2, 0.25) is 0 Å². The molecular formula is C11H15N3. The Morgan fingerprint density at radius 3 is 2.71 bits per heavy atom. The molecule has 0 saturated heterocycles. The van der Waals surface area contributed by atoms with Crippen LogP contribution >= 0.6 is 0 Å². The SMILES string of the molecule is CC(C)(C)n1c(N)cc2ccncc21. The summed E-state index contributed by atoms with van der Waals surface area (Å²) in [7, 11) is 0. The van der Waals surface area contributed by atoms with Gasteiger partial charge in [-0.15, -0.1) is 0 Å². The molecule has 0 unspecified atom stereocenters. The van der Waals surface area contributed by atoms with Crippen molar-refractivity contribution in [2.45, 2.75) is 26.3 Å². The van der Waals surface area contributed by atoms with E-state index in [9.17, 15) is 0 Å². The van der Waals surface area contributed by atoms with E-state index >= 15 is 0 Å².